The van der Waals surface area contributed by atoms with Crippen LogP contribution in [0.25, 0.3) is 0 Å². The fourth-order valence-electron chi connectivity index (χ4n) is 3.17. The Hall–Kier alpha value is -0.860. The first kappa shape index (κ1) is 10.3. The summed E-state index contributed by atoms with van der Waals surface area (Å²) in [5.41, 5.74) is 10.6. The molecule has 1 aliphatic carbocycles. The molecule has 2 atom stereocenters. The van der Waals surface area contributed by atoms with Crippen LogP contribution >= 0.6 is 0 Å². The van der Waals surface area contributed by atoms with E-state index in [1.165, 1.54) is 29.7 Å². The fraction of sp³-hybridized carbons (Fsp3) is 0.571. The highest BCUT2D eigenvalue weighted by molar-refractivity contribution is 5.29. The van der Waals surface area contributed by atoms with Crippen molar-refractivity contribution >= 4 is 0 Å². The van der Waals surface area contributed by atoms with E-state index >= 15 is 0 Å². The van der Waals surface area contributed by atoms with Crippen molar-refractivity contribution in [2.45, 2.75) is 32.4 Å². The molecule has 0 bridgehead atoms. The molecular weight excluding hydrogens is 196 g/mol. The Morgan fingerprint density at radius 1 is 1.31 bits per heavy atom. The maximum Gasteiger partial charge on any atom is 0.0328 e. The highest BCUT2D eigenvalue weighted by Gasteiger charge is 2.56. The predicted octanol–water partition coefficient (Wildman–Crippen LogP) is 1.84. The summed E-state index contributed by atoms with van der Waals surface area (Å²) in [6.45, 7) is 7.69. The molecule has 86 valence electrons. The first-order valence-corrected chi connectivity index (χ1v) is 6.14. The molecule has 16 heavy (non-hydrogen) atoms. The molecule has 0 amide bonds. The summed E-state index contributed by atoms with van der Waals surface area (Å²) >= 11 is 0. The number of aryl methyl sites for hydroxylation is 2. The van der Waals surface area contributed by atoms with E-state index in [0.717, 1.165) is 19.0 Å². The Balaban J connectivity index is 1.70. The molecule has 1 saturated heterocycles. The second kappa shape index (κ2) is 3.31. The van der Waals surface area contributed by atoms with Gasteiger partial charge in [-0.05, 0) is 31.7 Å². The lowest BCUT2D eigenvalue weighted by Crippen LogP contribution is -2.32. The first-order valence-electron chi connectivity index (χ1n) is 6.14. The van der Waals surface area contributed by atoms with E-state index in [2.05, 4.69) is 36.9 Å². The van der Waals surface area contributed by atoms with Gasteiger partial charge in [-0.3, -0.25) is 4.90 Å². The molecule has 0 spiro atoms. The molecule has 0 aromatic heterocycles. The van der Waals surface area contributed by atoms with E-state index in [1.54, 1.807) is 0 Å². The number of benzene rings is 1. The smallest absolute Gasteiger partial charge is 0.0328 e. The molecule has 1 aromatic rings. The van der Waals surface area contributed by atoms with E-state index in [-0.39, 0.29) is 5.54 Å². The quantitative estimate of drug-likeness (QED) is 0.817. The Morgan fingerprint density at radius 2 is 2.00 bits per heavy atom. The van der Waals surface area contributed by atoms with E-state index in [4.69, 9.17) is 5.73 Å². The number of hydrogen-bond donors (Lipinski definition) is 1. The summed E-state index contributed by atoms with van der Waals surface area (Å²) in [4.78, 5) is 2.50. The molecule has 0 radical (unpaired) electrons. The molecule has 3 rings (SSSR count). The van der Waals surface area contributed by atoms with Crippen molar-refractivity contribution in [2.75, 3.05) is 13.1 Å². The molecule has 2 N–H and O–H groups in total. The Kier molecular flexibility index (Phi) is 2.13. The van der Waals surface area contributed by atoms with Crippen molar-refractivity contribution in [2.24, 2.45) is 11.7 Å². The van der Waals surface area contributed by atoms with Gasteiger partial charge in [-0.1, -0.05) is 29.3 Å². The molecule has 2 fully saturated rings. The zero-order valence-corrected chi connectivity index (χ0v) is 10.2. The van der Waals surface area contributed by atoms with Crippen molar-refractivity contribution < 1.29 is 0 Å². The van der Waals surface area contributed by atoms with E-state index in [1.807, 2.05) is 0 Å². The Bertz CT molecular complexity index is 406. The average molecular weight is 216 g/mol. The normalized spacial score (nSPS) is 32.8. The number of nitrogens with zero attached hydrogens (tertiary/aromatic N) is 1. The molecular formula is C14H20N2. The molecule has 1 aromatic carbocycles. The van der Waals surface area contributed by atoms with Gasteiger partial charge < -0.3 is 5.73 Å². The van der Waals surface area contributed by atoms with Gasteiger partial charge in [0.15, 0.2) is 0 Å². The molecule has 1 saturated carbocycles. The van der Waals surface area contributed by atoms with Crippen molar-refractivity contribution in [3.63, 3.8) is 0 Å². The second-order valence-electron chi connectivity index (χ2n) is 5.80. The number of fused-ring (bicyclic) bond motifs is 1. The summed E-state index contributed by atoms with van der Waals surface area (Å²) < 4.78 is 0. The van der Waals surface area contributed by atoms with Gasteiger partial charge in [0.1, 0.15) is 0 Å². The highest BCUT2D eigenvalue weighted by atomic mass is 15.2. The molecule has 2 heteroatoms. The summed E-state index contributed by atoms with van der Waals surface area (Å²) in [6.07, 6.45) is 1.25. The SMILES string of the molecule is Cc1cc(C)cc(CN2C[C@H]3C[C@@]3(N)C2)c1. The Morgan fingerprint density at radius 3 is 2.56 bits per heavy atom. The van der Waals surface area contributed by atoms with Crippen molar-refractivity contribution in [3.05, 3.63) is 34.9 Å². The standard InChI is InChI=1S/C14H20N2/c1-10-3-11(2)5-12(4-10)7-16-8-13-6-14(13,15)9-16/h3-5,13H,6-9,15H2,1-2H3/t13-,14-/m1/s1. The molecule has 2 aliphatic rings. The molecule has 1 heterocycles. The van der Waals surface area contributed by atoms with E-state index < -0.39 is 0 Å². The van der Waals surface area contributed by atoms with Crippen LogP contribution in [0.15, 0.2) is 18.2 Å². The fourth-order valence-corrected chi connectivity index (χ4v) is 3.17. The van der Waals surface area contributed by atoms with Gasteiger partial charge in [-0.25, -0.2) is 0 Å². The van der Waals surface area contributed by atoms with Crippen LogP contribution in [0.1, 0.15) is 23.1 Å². The zero-order valence-electron chi connectivity index (χ0n) is 10.2. The van der Waals surface area contributed by atoms with Crippen LogP contribution in [0, 0.1) is 19.8 Å². The lowest BCUT2D eigenvalue weighted by molar-refractivity contribution is 0.290. The number of rotatable bonds is 2. The van der Waals surface area contributed by atoms with Gasteiger partial charge in [-0.15, -0.1) is 0 Å². The maximum absolute atomic E-state index is 6.21. The van der Waals surface area contributed by atoms with Crippen LogP contribution in [-0.2, 0) is 6.54 Å². The largest absolute Gasteiger partial charge is 0.324 e. The minimum absolute atomic E-state index is 0.179. The average Bonchev–Trinajstić information content (AvgIpc) is 2.63. The zero-order chi connectivity index (χ0) is 11.3. The van der Waals surface area contributed by atoms with Crippen LogP contribution in [0.5, 0.6) is 0 Å². The monoisotopic (exact) mass is 216 g/mol. The van der Waals surface area contributed by atoms with Gasteiger partial charge in [0, 0.05) is 25.2 Å². The van der Waals surface area contributed by atoms with Gasteiger partial charge in [-0.2, -0.15) is 0 Å². The first-order chi connectivity index (χ1) is 7.55. The van der Waals surface area contributed by atoms with Gasteiger partial charge in [0.25, 0.3) is 0 Å². The maximum atomic E-state index is 6.21. The van der Waals surface area contributed by atoms with Crippen molar-refractivity contribution in [1.82, 2.24) is 4.90 Å². The third-order valence-corrected chi connectivity index (χ3v) is 3.96. The summed E-state index contributed by atoms with van der Waals surface area (Å²) in [5.74, 6) is 0.776. The minimum Gasteiger partial charge on any atom is -0.324 e. The van der Waals surface area contributed by atoms with Crippen LogP contribution in [-0.4, -0.2) is 23.5 Å². The van der Waals surface area contributed by atoms with Crippen molar-refractivity contribution in [3.8, 4) is 0 Å². The van der Waals surface area contributed by atoms with Crippen LogP contribution in [0.2, 0.25) is 0 Å². The predicted molar refractivity (Wildman–Crippen MR) is 66.2 cm³/mol. The van der Waals surface area contributed by atoms with Crippen LogP contribution < -0.4 is 5.73 Å². The van der Waals surface area contributed by atoms with E-state index in [0.29, 0.717) is 0 Å². The second-order valence-corrected chi connectivity index (χ2v) is 5.80. The highest BCUT2D eigenvalue weighted by Crippen LogP contribution is 2.47. The Labute approximate surface area is 97.4 Å². The molecule has 2 nitrogen and oxygen atoms in total. The lowest BCUT2D eigenvalue weighted by Gasteiger charge is -2.19. The summed E-state index contributed by atoms with van der Waals surface area (Å²) in [6, 6.07) is 6.82. The number of piperidine rings is 1. The summed E-state index contributed by atoms with van der Waals surface area (Å²) in [5, 5.41) is 0. The van der Waals surface area contributed by atoms with Crippen molar-refractivity contribution in [1.29, 1.82) is 0 Å². The minimum atomic E-state index is 0.179. The summed E-state index contributed by atoms with van der Waals surface area (Å²) in [7, 11) is 0. The molecule has 0 unspecified atom stereocenters. The number of likely N-dealkylation sites (tertiary alicyclic amines) is 1. The van der Waals surface area contributed by atoms with Gasteiger partial charge in [0.05, 0.1) is 0 Å². The third-order valence-electron chi connectivity index (χ3n) is 3.96. The lowest BCUT2D eigenvalue weighted by atomic mass is 10.1. The van der Waals surface area contributed by atoms with Gasteiger partial charge in [0.2, 0.25) is 0 Å². The molecule has 1 aliphatic heterocycles. The number of nitrogens with two attached hydrogens (primary N) is 1. The van der Waals surface area contributed by atoms with Crippen LogP contribution in [0.3, 0.4) is 0 Å². The van der Waals surface area contributed by atoms with Gasteiger partial charge >= 0.3 is 0 Å². The van der Waals surface area contributed by atoms with E-state index in [9.17, 15) is 0 Å². The third kappa shape index (κ3) is 1.76. The topological polar surface area (TPSA) is 29.3 Å². The van der Waals surface area contributed by atoms with Crippen LogP contribution in [0.4, 0.5) is 0 Å². The number of hydrogen-bond acceptors (Lipinski definition) is 2.